The highest BCUT2D eigenvalue weighted by Crippen LogP contribution is 2.25. The third-order valence-corrected chi connectivity index (χ3v) is 3.89. The van der Waals surface area contributed by atoms with Crippen molar-refractivity contribution in [3.63, 3.8) is 0 Å². The van der Waals surface area contributed by atoms with Crippen LogP contribution in [0, 0.1) is 11.3 Å². The van der Waals surface area contributed by atoms with Gasteiger partial charge in [-0.3, -0.25) is 0 Å². The number of hydrogen-bond acceptors (Lipinski definition) is 2. The summed E-state index contributed by atoms with van der Waals surface area (Å²) in [5.41, 5.74) is 3.97. The minimum absolute atomic E-state index is 0.176. The smallest absolute Gasteiger partial charge is 0.101 e. The number of nitrogens with zero attached hydrogens (tertiary/aromatic N) is 1. The summed E-state index contributed by atoms with van der Waals surface area (Å²) in [6, 6.07) is 16.3. The summed E-state index contributed by atoms with van der Waals surface area (Å²) >= 11 is 6.05. The Bertz CT molecular complexity index is 654. The van der Waals surface area contributed by atoms with E-state index in [0.29, 0.717) is 16.5 Å². The first-order valence-electron chi connectivity index (χ1n) is 7.07. The maximum Gasteiger partial charge on any atom is 0.101 e. The first kappa shape index (κ1) is 15.4. The number of rotatable bonds is 4. The Morgan fingerprint density at radius 1 is 1.00 bits per heavy atom. The van der Waals surface area contributed by atoms with Crippen molar-refractivity contribution in [3.05, 3.63) is 64.2 Å². The molecule has 0 amide bonds. The van der Waals surface area contributed by atoms with E-state index in [0.717, 1.165) is 5.69 Å². The van der Waals surface area contributed by atoms with E-state index in [2.05, 4.69) is 56.4 Å². The molecule has 21 heavy (non-hydrogen) atoms. The maximum absolute atomic E-state index is 8.89. The summed E-state index contributed by atoms with van der Waals surface area (Å²) in [5, 5.41) is 12.8. The van der Waals surface area contributed by atoms with Crippen LogP contribution >= 0.6 is 11.6 Å². The molecule has 2 rings (SSSR count). The molecule has 0 bridgehead atoms. The van der Waals surface area contributed by atoms with Crippen molar-refractivity contribution in [2.24, 2.45) is 0 Å². The van der Waals surface area contributed by atoms with Gasteiger partial charge in [0.05, 0.1) is 10.6 Å². The van der Waals surface area contributed by atoms with Gasteiger partial charge in [0, 0.05) is 11.7 Å². The molecule has 1 atom stereocenters. The highest BCUT2D eigenvalue weighted by Gasteiger charge is 2.08. The van der Waals surface area contributed by atoms with Gasteiger partial charge in [0.25, 0.3) is 0 Å². The predicted molar refractivity (Wildman–Crippen MR) is 88.7 cm³/mol. The first-order valence-corrected chi connectivity index (χ1v) is 7.45. The second-order valence-corrected chi connectivity index (χ2v) is 5.90. The van der Waals surface area contributed by atoms with E-state index in [1.165, 1.54) is 11.1 Å². The monoisotopic (exact) mass is 298 g/mol. The van der Waals surface area contributed by atoms with E-state index >= 15 is 0 Å². The van der Waals surface area contributed by atoms with E-state index < -0.39 is 0 Å². The van der Waals surface area contributed by atoms with Crippen LogP contribution in [-0.2, 0) is 0 Å². The third kappa shape index (κ3) is 3.77. The standard InChI is InChI=1S/C18H19ClN2/c1-12(2)14-4-6-15(7-5-14)13(3)21-17-9-8-16(11-20)18(19)10-17/h4-10,12-13,21H,1-3H3. The van der Waals surface area contributed by atoms with Gasteiger partial charge >= 0.3 is 0 Å². The largest absolute Gasteiger partial charge is 0.378 e. The molecule has 0 radical (unpaired) electrons. The molecule has 1 N–H and O–H groups in total. The predicted octanol–water partition coefficient (Wildman–Crippen LogP) is 5.51. The van der Waals surface area contributed by atoms with Gasteiger partial charge in [-0.1, -0.05) is 49.7 Å². The van der Waals surface area contributed by atoms with Gasteiger partial charge in [-0.2, -0.15) is 5.26 Å². The zero-order valence-electron chi connectivity index (χ0n) is 12.5. The van der Waals surface area contributed by atoms with Crippen LogP contribution in [0.15, 0.2) is 42.5 Å². The first-order chi connectivity index (χ1) is 10.0. The van der Waals surface area contributed by atoms with E-state index in [1.54, 1.807) is 12.1 Å². The van der Waals surface area contributed by atoms with Gasteiger partial charge in [0.2, 0.25) is 0 Å². The SMILES string of the molecule is CC(C)c1ccc(C(C)Nc2ccc(C#N)c(Cl)c2)cc1. The fraction of sp³-hybridized carbons (Fsp3) is 0.278. The summed E-state index contributed by atoms with van der Waals surface area (Å²) in [6.45, 7) is 6.49. The van der Waals surface area contributed by atoms with Crippen LogP contribution in [0.3, 0.4) is 0 Å². The summed E-state index contributed by atoms with van der Waals surface area (Å²) < 4.78 is 0. The van der Waals surface area contributed by atoms with E-state index in [-0.39, 0.29) is 6.04 Å². The topological polar surface area (TPSA) is 35.8 Å². The number of halogens is 1. The Morgan fingerprint density at radius 2 is 1.62 bits per heavy atom. The van der Waals surface area contributed by atoms with Crippen molar-refractivity contribution in [1.29, 1.82) is 5.26 Å². The van der Waals surface area contributed by atoms with E-state index in [4.69, 9.17) is 16.9 Å². The number of anilines is 1. The minimum Gasteiger partial charge on any atom is -0.378 e. The molecule has 0 aliphatic carbocycles. The number of benzene rings is 2. The fourth-order valence-corrected chi connectivity index (χ4v) is 2.42. The lowest BCUT2D eigenvalue weighted by Crippen LogP contribution is -2.06. The normalized spacial score (nSPS) is 12.0. The molecule has 3 heteroatoms. The molecule has 0 aliphatic heterocycles. The molecule has 0 spiro atoms. The van der Waals surface area contributed by atoms with Crippen molar-refractivity contribution in [2.75, 3.05) is 5.32 Å². The Hall–Kier alpha value is -1.98. The van der Waals surface area contributed by atoms with Crippen molar-refractivity contribution >= 4 is 17.3 Å². The lowest BCUT2D eigenvalue weighted by Gasteiger charge is -2.17. The summed E-state index contributed by atoms with van der Waals surface area (Å²) in [7, 11) is 0. The fourth-order valence-electron chi connectivity index (χ4n) is 2.20. The lowest BCUT2D eigenvalue weighted by molar-refractivity contribution is 0.852. The van der Waals surface area contributed by atoms with Crippen LogP contribution in [0.5, 0.6) is 0 Å². The number of nitriles is 1. The third-order valence-electron chi connectivity index (χ3n) is 3.58. The molecule has 0 heterocycles. The van der Waals surface area contributed by atoms with E-state index in [1.807, 2.05) is 6.07 Å². The molecule has 0 saturated heterocycles. The Balaban J connectivity index is 2.12. The Kier molecular flexibility index (Phi) is 4.88. The summed E-state index contributed by atoms with van der Waals surface area (Å²) in [6.07, 6.45) is 0. The molecular weight excluding hydrogens is 280 g/mol. The van der Waals surface area contributed by atoms with Crippen molar-refractivity contribution < 1.29 is 0 Å². The average molecular weight is 299 g/mol. The van der Waals surface area contributed by atoms with Crippen molar-refractivity contribution in [3.8, 4) is 6.07 Å². The summed E-state index contributed by atoms with van der Waals surface area (Å²) in [4.78, 5) is 0. The van der Waals surface area contributed by atoms with Crippen LogP contribution in [-0.4, -0.2) is 0 Å². The highest BCUT2D eigenvalue weighted by atomic mass is 35.5. The zero-order chi connectivity index (χ0) is 15.4. The maximum atomic E-state index is 8.89. The zero-order valence-corrected chi connectivity index (χ0v) is 13.3. The van der Waals surface area contributed by atoms with Gasteiger partial charge in [-0.15, -0.1) is 0 Å². The van der Waals surface area contributed by atoms with Crippen LogP contribution < -0.4 is 5.32 Å². The molecule has 2 nitrogen and oxygen atoms in total. The number of nitrogens with one attached hydrogen (secondary N) is 1. The van der Waals surface area contributed by atoms with Crippen LogP contribution in [0.4, 0.5) is 5.69 Å². The van der Waals surface area contributed by atoms with Gasteiger partial charge < -0.3 is 5.32 Å². The molecule has 2 aromatic carbocycles. The number of hydrogen-bond donors (Lipinski definition) is 1. The van der Waals surface area contributed by atoms with E-state index in [9.17, 15) is 0 Å². The second kappa shape index (κ2) is 6.65. The molecular formula is C18H19ClN2. The summed E-state index contributed by atoms with van der Waals surface area (Å²) in [5.74, 6) is 0.541. The second-order valence-electron chi connectivity index (χ2n) is 5.49. The van der Waals surface area contributed by atoms with Crippen LogP contribution in [0.1, 0.15) is 49.4 Å². The Morgan fingerprint density at radius 3 is 2.14 bits per heavy atom. The highest BCUT2D eigenvalue weighted by molar-refractivity contribution is 6.32. The molecule has 0 aromatic heterocycles. The molecule has 108 valence electrons. The molecule has 1 unspecified atom stereocenters. The molecule has 0 aliphatic rings. The van der Waals surface area contributed by atoms with Gasteiger partial charge in [0.15, 0.2) is 0 Å². The van der Waals surface area contributed by atoms with Gasteiger partial charge in [0.1, 0.15) is 6.07 Å². The van der Waals surface area contributed by atoms with Crippen LogP contribution in [0.2, 0.25) is 5.02 Å². The Labute approximate surface area is 131 Å². The lowest BCUT2D eigenvalue weighted by atomic mass is 9.99. The van der Waals surface area contributed by atoms with Crippen molar-refractivity contribution in [2.45, 2.75) is 32.7 Å². The van der Waals surface area contributed by atoms with Crippen molar-refractivity contribution in [1.82, 2.24) is 0 Å². The quantitative estimate of drug-likeness (QED) is 0.808. The minimum atomic E-state index is 0.176. The molecule has 2 aromatic rings. The van der Waals surface area contributed by atoms with Gasteiger partial charge in [-0.25, -0.2) is 0 Å². The molecule has 0 fully saturated rings. The van der Waals surface area contributed by atoms with Gasteiger partial charge in [-0.05, 0) is 42.2 Å². The average Bonchev–Trinajstić information content (AvgIpc) is 2.47. The van der Waals surface area contributed by atoms with Crippen LogP contribution in [0.25, 0.3) is 0 Å². The molecule has 0 saturated carbocycles.